The number of nitrogens with one attached hydrogen (secondary N) is 1. The number of hydrogen-bond acceptors (Lipinski definition) is 4. The van der Waals surface area contributed by atoms with Crippen LogP contribution in [0, 0.1) is 6.92 Å². The predicted octanol–water partition coefficient (Wildman–Crippen LogP) is -0.0537. The van der Waals surface area contributed by atoms with E-state index in [1.54, 1.807) is 13.2 Å². The molecule has 0 atom stereocenters. The third kappa shape index (κ3) is 1.51. The standard InChI is InChI=1S/C5H9N3O/c1-4-8-5(2-7-6)3-9-4/h3,7H,2,6H2,1H3. The van der Waals surface area contributed by atoms with Gasteiger partial charge in [0.15, 0.2) is 5.89 Å². The van der Waals surface area contributed by atoms with E-state index < -0.39 is 0 Å². The maximum Gasteiger partial charge on any atom is 0.191 e. The third-order valence-electron chi connectivity index (χ3n) is 0.950. The molecular formula is C5H9N3O. The number of oxazole rings is 1. The molecule has 1 aromatic heterocycles. The number of aromatic nitrogens is 1. The van der Waals surface area contributed by atoms with Gasteiger partial charge in [0, 0.05) is 6.92 Å². The van der Waals surface area contributed by atoms with Crippen molar-refractivity contribution in [2.24, 2.45) is 5.84 Å². The van der Waals surface area contributed by atoms with Crippen molar-refractivity contribution in [3.63, 3.8) is 0 Å². The van der Waals surface area contributed by atoms with Crippen molar-refractivity contribution in [2.75, 3.05) is 0 Å². The molecule has 4 heteroatoms. The first-order chi connectivity index (χ1) is 4.33. The van der Waals surface area contributed by atoms with Crippen LogP contribution in [0.25, 0.3) is 0 Å². The molecule has 0 saturated carbocycles. The summed E-state index contributed by atoms with van der Waals surface area (Å²) in [5, 5.41) is 0. The molecule has 1 rings (SSSR count). The van der Waals surface area contributed by atoms with Gasteiger partial charge in [-0.05, 0) is 0 Å². The van der Waals surface area contributed by atoms with E-state index in [1.807, 2.05) is 0 Å². The van der Waals surface area contributed by atoms with Crippen molar-refractivity contribution in [2.45, 2.75) is 13.5 Å². The summed E-state index contributed by atoms with van der Waals surface area (Å²) in [6.07, 6.45) is 1.58. The molecule has 1 aromatic rings. The Balaban J connectivity index is 2.61. The molecule has 1 heterocycles. The van der Waals surface area contributed by atoms with E-state index in [0.717, 1.165) is 5.69 Å². The molecule has 0 saturated heterocycles. The van der Waals surface area contributed by atoms with Crippen molar-refractivity contribution >= 4 is 0 Å². The van der Waals surface area contributed by atoms with Crippen LogP contribution < -0.4 is 11.3 Å². The van der Waals surface area contributed by atoms with Gasteiger partial charge in [-0.1, -0.05) is 0 Å². The highest BCUT2D eigenvalue weighted by molar-refractivity contribution is 4.93. The van der Waals surface area contributed by atoms with E-state index in [-0.39, 0.29) is 0 Å². The zero-order valence-corrected chi connectivity index (χ0v) is 5.22. The molecule has 0 aliphatic heterocycles. The Morgan fingerprint density at radius 2 is 2.67 bits per heavy atom. The van der Waals surface area contributed by atoms with Gasteiger partial charge in [0.2, 0.25) is 0 Å². The molecule has 0 amide bonds. The van der Waals surface area contributed by atoms with Crippen LogP contribution in [0.3, 0.4) is 0 Å². The fraction of sp³-hybridized carbons (Fsp3) is 0.400. The number of rotatable bonds is 2. The van der Waals surface area contributed by atoms with Gasteiger partial charge >= 0.3 is 0 Å². The summed E-state index contributed by atoms with van der Waals surface area (Å²) >= 11 is 0. The molecule has 9 heavy (non-hydrogen) atoms. The SMILES string of the molecule is Cc1nc(CNN)co1. The van der Waals surface area contributed by atoms with E-state index in [1.165, 1.54) is 0 Å². The second-order valence-electron chi connectivity index (χ2n) is 1.74. The largest absolute Gasteiger partial charge is 0.449 e. The summed E-state index contributed by atoms with van der Waals surface area (Å²) in [7, 11) is 0. The lowest BCUT2D eigenvalue weighted by atomic mass is 10.5. The third-order valence-corrected chi connectivity index (χ3v) is 0.950. The van der Waals surface area contributed by atoms with Gasteiger partial charge in [0.25, 0.3) is 0 Å². The maximum atomic E-state index is 5.04. The molecule has 0 bridgehead atoms. The lowest BCUT2D eigenvalue weighted by molar-refractivity contribution is 0.520. The number of hydrogen-bond donors (Lipinski definition) is 2. The smallest absolute Gasteiger partial charge is 0.191 e. The monoisotopic (exact) mass is 127 g/mol. The second-order valence-corrected chi connectivity index (χ2v) is 1.74. The van der Waals surface area contributed by atoms with Crippen LogP contribution in [0.5, 0.6) is 0 Å². The molecule has 0 radical (unpaired) electrons. The Hall–Kier alpha value is -0.870. The summed E-state index contributed by atoms with van der Waals surface area (Å²) in [6.45, 7) is 2.34. The summed E-state index contributed by atoms with van der Waals surface area (Å²) in [5.41, 5.74) is 3.30. The lowest BCUT2D eigenvalue weighted by Crippen LogP contribution is -2.20. The number of nitrogens with two attached hydrogens (primary N) is 1. The minimum absolute atomic E-state index is 0.553. The van der Waals surface area contributed by atoms with Crippen LogP contribution in [0.2, 0.25) is 0 Å². The van der Waals surface area contributed by atoms with Gasteiger partial charge in [-0.15, -0.1) is 0 Å². The highest BCUT2D eigenvalue weighted by Gasteiger charge is 1.95. The Morgan fingerprint density at radius 1 is 1.89 bits per heavy atom. The van der Waals surface area contributed by atoms with Crippen LogP contribution in [0.15, 0.2) is 10.7 Å². The molecule has 4 nitrogen and oxygen atoms in total. The van der Waals surface area contributed by atoms with Crippen molar-refractivity contribution < 1.29 is 4.42 Å². The molecular weight excluding hydrogens is 118 g/mol. The molecule has 0 spiro atoms. The Labute approximate surface area is 53.0 Å². The average Bonchev–Trinajstić information content (AvgIpc) is 2.17. The summed E-state index contributed by atoms with van der Waals surface area (Å²) < 4.78 is 4.91. The van der Waals surface area contributed by atoms with Crippen molar-refractivity contribution in [1.29, 1.82) is 0 Å². The quantitative estimate of drug-likeness (QED) is 0.431. The van der Waals surface area contributed by atoms with Gasteiger partial charge in [0.05, 0.1) is 12.2 Å². The topological polar surface area (TPSA) is 64.1 Å². The lowest BCUT2D eigenvalue weighted by Gasteiger charge is -1.87. The van der Waals surface area contributed by atoms with Crippen LogP contribution in [0.4, 0.5) is 0 Å². The Kier molecular flexibility index (Phi) is 1.81. The normalized spacial score (nSPS) is 10.0. The second kappa shape index (κ2) is 2.61. The Bertz CT molecular complexity index is 184. The van der Waals surface area contributed by atoms with Gasteiger partial charge in [-0.2, -0.15) is 0 Å². The fourth-order valence-electron chi connectivity index (χ4n) is 0.594. The highest BCUT2D eigenvalue weighted by atomic mass is 16.3. The van der Waals surface area contributed by atoms with E-state index in [9.17, 15) is 0 Å². The van der Waals surface area contributed by atoms with Crippen LogP contribution in [0.1, 0.15) is 11.6 Å². The minimum atomic E-state index is 0.553. The summed E-state index contributed by atoms with van der Waals surface area (Å²) in [6, 6.07) is 0. The molecule has 0 aliphatic rings. The molecule has 0 aliphatic carbocycles. The first-order valence-electron chi connectivity index (χ1n) is 2.67. The van der Waals surface area contributed by atoms with Crippen molar-refractivity contribution in [1.82, 2.24) is 10.4 Å². The van der Waals surface area contributed by atoms with Crippen LogP contribution >= 0.6 is 0 Å². The average molecular weight is 127 g/mol. The minimum Gasteiger partial charge on any atom is -0.449 e. The summed E-state index contributed by atoms with van der Waals surface area (Å²) in [4.78, 5) is 3.99. The molecule has 3 N–H and O–H groups in total. The molecule has 0 fully saturated rings. The number of nitrogens with zero attached hydrogens (tertiary/aromatic N) is 1. The fourth-order valence-corrected chi connectivity index (χ4v) is 0.594. The summed E-state index contributed by atoms with van der Waals surface area (Å²) in [5.74, 6) is 5.71. The van der Waals surface area contributed by atoms with Crippen LogP contribution in [-0.2, 0) is 6.54 Å². The van der Waals surface area contributed by atoms with Crippen LogP contribution in [-0.4, -0.2) is 4.98 Å². The van der Waals surface area contributed by atoms with Gasteiger partial charge in [-0.25, -0.2) is 4.98 Å². The van der Waals surface area contributed by atoms with Gasteiger partial charge in [-0.3, -0.25) is 11.3 Å². The maximum absolute atomic E-state index is 5.04. The number of hydrazine groups is 1. The van der Waals surface area contributed by atoms with Crippen molar-refractivity contribution in [3.8, 4) is 0 Å². The molecule has 0 aromatic carbocycles. The predicted molar refractivity (Wildman–Crippen MR) is 32.3 cm³/mol. The Morgan fingerprint density at radius 3 is 3.11 bits per heavy atom. The van der Waals surface area contributed by atoms with Gasteiger partial charge < -0.3 is 4.42 Å². The molecule has 50 valence electrons. The van der Waals surface area contributed by atoms with E-state index in [4.69, 9.17) is 10.3 Å². The molecule has 0 unspecified atom stereocenters. The van der Waals surface area contributed by atoms with E-state index >= 15 is 0 Å². The number of aryl methyl sites for hydroxylation is 1. The first-order valence-corrected chi connectivity index (χ1v) is 2.67. The van der Waals surface area contributed by atoms with Crippen molar-refractivity contribution in [3.05, 3.63) is 17.8 Å². The zero-order chi connectivity index (χ0) is 6.69. The zero-order valence-electron chi connectivity index (χ0n) is 5.22. The van der Waals surface area contributed by atoms with E-state index in [0.29, 0.717) is 12.4 Å². The highest BCUT2D eigenvalue weighted by Crippen LogP contribution is 1.97. The van der Waals surface area contributed by atoms with E-state index in [2.05, 4.69) is 10.4 Å². The first kappa shape index (κ1) is 6.25. The van der Waals surface area contributed by atoms with Gasteiger partial charge in [0.1, 0.15) is 6.26 Å².